The van der Waals surface area contributed by atoms with E-state index in [0.717, 1.165) is 28.8 Å². The van der Waals surface area contributed by atoms with E-state index in [1.54, 1.807) is 36.4 Å². The van der Waals surface area contributed by atoms with Crippen LogP contribution < -0.4 is 10.2 Å². The van der Waals surface area contributed by atoms with Gasteiger partial charge in [-0.15, -0.1) is 11.8 Å². The monoisotopic (exact) mass is 494 g/mol. The number of benzene rings is 3. The fourth-order valence-corrected chi connectivity index (χ4v) is 5.51. The summed E-state index contributed by atoms with van der Waals surface area (Å²) in [6.45, 7) is 2.52. The van der Waals surface area contributed by atoms with Crippen molar-refractivity contribution >= 4 is 39.1 Å². The maximum atomic E-state index is 13.0. The summed E-state index contributed by atoms with van der Waals surface area (Å²) in [4.78, 5) is 28.7. The Morgan fingerprint density at radius 2 is 1.68 bits per heavy atom. The number of anilines is 1. The number of nitrogens with zero attached hydrogens (tertiary/aromatic N) is 1. The molecule has 1 aliphatic heterocycles. The topological polar surface area (TPSA) is 83.6 Å². The SMILES string of the molecule is CC(NC(=O)c1ccccc1SCC(=O)N1CCc2ccccc21)c1ccc(S(C)(=O)=O)cc1. The first-order chi connectivity index (χ1) is 16.2. The summed E-state index contributed by atoms with van der Waals surface area (Å²) in [5.74, 6) is 0.00691. The molecule has 1 unspecified atom stereocenters. The quantitative estimate of drug-likeness (QED) is 0.496. The van der Waals surface area contributed by atoms with Crippen molar-refractivity contribution in [3.8, 4) is 0 Å². The van der Waals surface area contributed by atoms with E-state index in [0.29, 0.717) is 12.1 Å². The molecule has 0 aliphatic carbocycles. The molecule has 0 bridgehead atoms. The van der Waals surface area contributed by atoms with Gasteiger partial charge >= 0.3 is 0 Å². The Morgan fingerprint density at radius 1 is 1.00 bits per heavy atom. The van der Waals surface area contributed by atoms with E-state index in [1.165, 1.54) is 17.3 Å². The highest BCUT2D eigenvalue weighted by molar-refractivity contribution is 8.00. The van der Waals surface area contributed by atoms with Crippen molar-refractivity contribution in [2.45, 2.75) is 29.2 Å². The number of amides is 2. The zero-order valence-corrected chi connectivity index (χ0v) is 20.7. The number of carbonyl (C=O) groups is 2. The number of rotatable bonds is 7. The van der Waals surface area contributed by atoms with E-state index in [4.69, 9.17) is 0 Å². The average molecular weight is 495 g/mol. The van der Waals surface area contributed by atoms with Gasteiger partial charge in [0.2, 0.25) is 5.91 Å². The third-order valence-corrected chi connectivity index (χ3v) is 8.01. The van der Waals surface area contributed by atoms with Gasteiger partial charge in [0.25, 0.3) is 5.91 Å². The van der Waals surface area contributed by atoms with Gasteiger partial charge in [0.1, 0.15) is 0 Å². The number of hydrogen-bond donors (Lipinski definition) is 1. The van der Waals surface area contributed by atoms with Crippen LogP contribution in [0.3, 0.4) is 0 Å². The number of hydrogen-bond acceptors (Lipinski definition) is 5. The number of thioether (sulfide) groups is 1. The normalized spacial score (nSPS) is 13.9. The van der Waals surface area contributed by atoms with Crippen LogP contribution in [0, 0.1) is 0 Å². The Morgan fingerprint density at radius 3 is 2.41 bits per heavy atom. The van der Waals surface area contributed by atoms with Crippen molar-refractivity contribution in [3.05, 3.63) is 89.5 Å². The molecule has 0 spiro atoms. The van der Waals surface area contributed by atoms with Crippen LogP contribution in [0.5, 0.6) is 0 Å². The Hall–Kier alpha value is -3.10. The van der Waals surface area contributed by atoms with Crippen LogP contribution in [-0.4, -0.2) is 38.8 Å². The molecule has 6 nitrogen and oxygen atoms in total. The van der Waals surface area contributed by atoms with E-state index in [2.05, 4.69) is 5.32 Å². The Labute approximate surface area is 204 Å². The lowest BCUT2D eigenvalue weighted by molar-refractivity contribution is -0.116. The molecule has 0 fully saturated rings. The highest BCUT2D eigenvalue weighted by atomic mass is 32.2. The predicted octanol–water partition coefficient (Wildman–Crippen LogP) is 4.26. The first kappa shape index (κ1) is 24.0. The fraction of sp³-hybridized carbons (Fsp3) is 0.231. The van der Waals surface area contributed by atoms with E-state index in [-0.39, 0.29) is 28.5 Å². The number of fused-ring (bicyclic) bond motifs is 1. The van der Waals surface area contributed by atoms with Gasteiger partial charge in [-0.2, -0.15) is 0 Å². The maximum Gasteiger partial charge on any atom is 0.252 e. The molecular weight excluding hydrogens is 468 g/mol. The summed E-state index contributed by atoms with van der Waals surface area (Å²) in [7, 11) is -3.27. The molecule has 34 heavy (non-hydrogen) atoms. The van der Waals surface area contributed by atoms with Crippen LogP contribution in [0.2, 0.25) is 0 Å². The standard InChI is InChI=1S/C26H26N2O4S2/c1-18(19-11-13-21(14-12-19)34(2,31)32)27-26(30)22-8-4-6-10-24(22)33-17-25(29)28-16-15-20-7-3-5-9-23(20)28/h3-14,18H,15-17H2,1-2H3,(H,27,30). The molecule has 176 valence electrons. The highest BCUT2D eigenvalue weighted by Gasteiger charge is 2.24. The molecule has 4 rings (SSSR count). The number of carbonyl (C=O) groups excluding carboxylic acids is 2. The molecular formula is C26H26N2O4S2. The second kappa shape index (κ2) is 10.0. The summed E-state index contributed by atoms with van der Waals surface area (Å²) in [6.07, 6.45) is 2.02. The lowest BCUT2D eigenvalue weighted by atomic mass is 10.1. The third kappa shape index (κ3) is 5.34. The first-order valence-electron chi connectivity index (χ1n) is 10.9. The Bertz CT molecular complexity index is 1320. The molecule has 2 amide bonds. The molecule has 3 aromatic carbocycles. The largest absolute Gasteiger partial charge is 0.345 e. The molecule has 0 saturated heterocycles. The summed E-state index contributed by atoms with van der Waals surface area (Å²) in [6, 6.07) is 21.3. The van der Waals surface area contributed by atoms with Crippen LogP contribution in [0.15, 0.2) is 82.6 Å². The van der Waals surface area contributed by atoms with E-state index in [1.807, 2.05) is 48.2 Å². The van der Waals surface area contributed by atoms with Crippen molar-refractivity contribution in [3.63, 3.8) is 0 Å². The lowest BCUT2D eigenvalue weighted by Gasteiger charge is -2.18. The van der Waals surface area contributed by atoms with Crippen molar-refractivity contribution in [1.29, 1.82) is 0 Å². The zero-order valence-electron chi connectivity index (χ0n) is 19.0. The molecule has 0 radical (unpaired) electrons. The highest BCUT2D eigenvalue weighted by Crippen LogP contribution is 2.30. The molecule has 0 saturated carbocycles. The van der Waals surface area contributed by atoms with Gasteiger partial charge in [0.05, 0.1) is 22.3 Å². The zero-order chi connectivity index (χ0) is 24.3. The second-order valence-electron chi connectivity index (χ2n) is 8.25. The molecule has 8 heteroatoms. The first-order valence-corrected chi connectivity index (χ1v) is 13.8. The van der Waals surface area contributed by atoms with Gasteiger partial charge in [0.15, 0.2) is 9.84 Å². The van der Waals surface area contributed by atoms with Gasteiger partial charge < -0.3 is 10.2 Å². The summed E-state index contributed by atoms with van der Waals surface area (Å²) in [5, 5.41) is 2.97. The predicted molar refractivity (Wildman–Crippen MR) is 135 cm³/mol. The van der Waals surface area contributed by atoms with Crippen LogP contribution in [0.25, 0.3) is 0 Å². The third-order valence-electron chi connectivity index (χ3n) is 5.83. The Kier molecular flexibility index (Phi) is 7.09. The van der Waals surface area contributed by atoms with Crippen LogP contribution in [-0.2, 0) is 21.1 Å². The van der Waals surface area contributed by atoms with Gasteiger partial charge in [-0.25, -0.2) is 8.42 Å². The van der Waals surface area contributed by atoms with Crippen molar-refractivity contribution < 1.29 is 18.0 Å². The van der Waals surface area contributed by atoms with Crippen LogP contribution in [0.1, 0.15) is 34.5 Å². The minimum Gasteiger partial charge on any atom is -0.345 e. The molecule has 1 heterocycles. The molecule has 0 aromatic heterocycles. The average Bonchev–Trinajstić information content (AvgIpc) is 3.26. The van der Waals surface area contributed by atoms with Gasteiger partial charge in [-0.1, -0.05) is 42.5 Å². The Balaban J connectivity index is 1.42. The lowest BCUT2D eigenvalue weighted by Crippen LogP contribution is -2.30. The summed E-state index contributed by atoms with van der Waals surface area (Å²) >= 11 is 1.35. The van der Waals surface area contributed by atoms with E-state index < -0.39 is 9.84 Å². The van der Waals surface area contributed by atoms with Crippen molar-refractivity contribution in [2.75, 3.05) is 23.5 Å². The number of sulfone groups is 1. The van der Waals surface area contributed by atoms with Crippen LogP contribution >= 0.6 is 11.8 Å². The molecule has 3 aromatic rings. The maximum absolute atomic E-state index is 13.0. The number of nitrogens with one attached hydrogen (secondary N) is 1. The smallest absolute Gasteiger partial charge is 0.252 e. The van der Waals surface area contributed by atoms with E-state index in [9.17, 15) is 18.0 Å². The van der Waals surface area contributed by atoms with Crippen molar-refractivity contribution in [1.82, 2.24) is 5.32 Å². The van der Waals surface area contributed by atoms with E-state index >= 15 is 0 Å². The number of para-hydroxylation sites is 1. The van der Waals surface area contributed by atoms with Gasteiger partial charge in [0, 0.05) is 23.4 Å². The summed E-state index contributed by atoms with van der Waals surface area (Å²) in [5.41, 5.74) is 3.45. The molecule has 1 aliphatic rings. The summed E-state index contributed by atoms with van der Waals surface area (Å²) < 4.78 is 23.3. The van der Waals surface area contributed by atoms with Crippen molar-refractivity contribution in [2.24, 2.45) is 0 Å². The molecule has 1 atom stereocenters. The van der Waals surface area contributed by atoms with Gasteiger partial charge in [-0.05, 0) is 54.8 Å². The minimum absolute atomic E-state index is 0.0181. The fourth-order valence-electron chi connectivity index (χ4n) is 3.96. The molecule has 1 N–H and O–H groups in total. The van der Waals surface area contributed by atoms with Crippen LogP contribution in [0.4, 0.5) is 5.69 Å². The minimum atomic E-state index is -3.27. The van der Waals surface area contributed by atoms with Gasteiger partial charge in [-0.3, -0.25) is 9.59 Å². The second-order valence-corrected chi connectivity index (χ2v) is 11.3.